The van der Waals surface area contributed by atoms with E-state index < -0.39 is 6.29 Å². The highest BCUT2D eigenvalue weighted by molar-refractivity contribution is 7.99. The van der Waals surface area contributed by atoms with Gasteiger partial charge in [-0.05, 0) is 64.2 Å². The SMILES string of the molecule is C[C@@H]1[C@H](CSc2ccccc2)O[C@H](c2cccc(-c3cccc(CN4C(=O)c5ccccc5C4=O)c3)c2)O[C@@H]1c1ccc(CO)cc1. The Bertz CT molecular complexity index is 1860. The van der Waals surface area contributed by atoms with Gasteiger partial charge in [0.05, 0.1) is 36.5 Å². The molecule has 47 heavy (non-hydrogen) atoms. The summed E-state index contributed by atoms with van der Waals surface area (Å²) in [7, 11) is 0. The van der Waals surface area contributed by atoms with Crippen LogP contribution in [0.2, 0.25) is 0 Å². The number of aliphatic hydroxyl groups is 1. The molecule has 0 saturated carbocycles. The molecule has 2 aliphatic rings. The lowest BCUT2D eigenvalue weighted by Gasteiger charge is -2.41. The Morgan fingerprint density at radius 3 is 2.04 bits per heavy atom. The van der Waals surface area contributed by atoms with E-state index in [2.05, 4.69) is 25.1 Å². The maximum Gasteiger partial charge on any atom is 0.261 e. The molecule has 4 atom stereocenters. The molecule has 1 N–H and O–H groups in total. The Morgan fingerprint density at radius 2 is 1.34 bits per heavy atom. The van der Waals surface area contributed by atoms with E-state index in [-0.39, 0.29) is 43.1 Å². The highest BCUT2D eigenvalue weighted by Crippen LogP contribution is 2.43. The van der Waals surface area contributed by atoms with Crippen LogP contribution in [0, 0.1) is 5.92 Å². The molecule has 2 heterocycles. The fourth-order valence-corrected chi connectivity index (χ4v) is 7.37. The van der Waals surface area contributed by atoms with Gasteiger partial charge < -0.3 is 14.6 Å². The summed E-state index contributed by atoms with van der Waals surface area (Å²) in [6.45, 7) is 2.37. The molecular formula is C40H35NO5S. The molecule has 5 aromatic carbocycles. The van der Waals surface area contributed by atoms with Gasteiger partial charge in [-0.2, -0.15) is 0 Å². The molecule has 7 rings (SSSR count). The standard InChI is InChI=1S/C40H35NO5S/c1-26-36(25-47-33-13-3-2-4-14-33)45-40(46-37(26)29-19-17-27(24-42)18-20-29)32-12-8-11-31(22-32)30-10-7-9-28(21-30)23-41-38(43)34-15-5-6-16-35(34)39(41)44/h2-22,26,36-37,40,42H,23-25H2,1H3/t26-,36+,37+,40+/m1/s1. The van der Waals surface area contributed by atoms with Crippen molar-refractivity contribution in [1.82, 2.24) is 4.90 Å². The van der Waals surface area contributed by atoms with E-state index in [1.54, 1.807) is 36.0 Å². The number of amides is 2. The van der Waals surface area contributed by atoms with Crippen molar-refractivity contribution in [2.45, 2.75) is 43.5 Å². The van der Waals surface area contributed by atoms with Crippen LogP contribution < -0.4 is 0 Å². The Balaban J connectivity index is 1.14. The summed E-state index contributed by atoms with van der Waals surface area (Å²) in [4.78, 5) is 28.5. The summed E-state index contributed by atoms with van der Waals surface area (Å²) in [6.07, 6.45) is -0.862. The number of hydrogen-bond donors (Lipinski definition) is 1. The Hall–Kier alpha value is -4.53. The lowest BCUT2D eigenvalue weighted by molar-refractivity contribution is -0.268. The summed E-state index contributed by atoms with van der Waals surface area (Å²) in [5.74, 6) is 0.332. The smallest absolute Gasteiger partial charge is 0.261 e. The first-order valence-corrected chi connectivity index (χ1v) is 16.8. The van der Waals surface area contributed by atoms with E-state index in [9.17, 15) is 14.7 Å². The summed E-state index contributed by atoms with van der Waals surface area (Å²) in [5.41, 5.74) is 6.54. The number of thioether (sulfide) groups is 1. The first-order valence-electron chi connectivity index (χ1n) is 15.8. The number of carbonyl (C=O) groups excluding carboxylic acids is 2. The number of nitrogens with zero attached hydrogens (tertiary/aromatic N) is 1. The van der Waals surface area contributed by atoms with Crippen molar-refractivity contribution in [1.29, 1.82) is 0 Å². The monoisotopic (exact) mass is 641 g/mol. The Labute approximate surface area is 279 Å². The minimum Gasteiger partial charge on any atom is -0.392 e. The van der Waals surface area contributed by atoms with Gasteiger partial charge in [0.1, 0.15) is 0 Å². The Morgan fingerprint density at radius 1 is 0.681 bits per heavy atom. The third-order valence-corrected chi connectivity index (χ3v) is 10.0. The topological polar surface area (TPSA) is 76.1 Å². The van der Waals surface area contributed by atoms with Gasteiger partial charge in [0.15, 0.2) is 6.29 Å². The summed E-state index contributed by atoms with van der Waals surface area (Å²) in [6, 6.07) is 41.4. The van der Waals surface area contributed by atoms with Crippen molar-refractivity contribution in [3.05, 3.63) is 161 Å². The first kappa shape index (κ1) is 31.1. The van der Waals surface area contributed by atoms with Gasteiger partial charge in [0, 0.05) is 22.1 Å². The van der Waals surface area contributed by atoms with Crippen molar-refractivity contribution in [2.75, 3.05) is 5.75 Å². The molecule has 1 saturated heterocycles. The first-order chi connectivity index (χ1) is 23.0. The van der Waals surface area contributed by atoms with E-state index >= 15 is 0 Å². The van der Waals surface area contributed by atoms with Gasteiger partial charge in [-0.1, -0.05) is 97.9 Å². The van der Waals surface area contributed by atoms with E-state index in [4.69, 9.17) is 9.47 Å². The summed E-state index contributed by atoms with van der Waals surface area (Å²) < 4.78 is 13.4. The molecule has 0 bridgehead atoms. The third kappa shape index (κ3) is 6.53. The molecule has 0 aromatic heterocycles. The van der Waals surface area contributed by atoms with Gasteiger partial charge in [-0.15, -0.1) is 11.8 Å². The molecule has 2 aliphatic heterocycles. The quantitative estimate of drug-likeness (QED) is 0.129. The number of fused-ring (bicyclic) bond motifs is 1. The number of imide groups is 1. The van der Waals surface area contributed by atoms with Crippen LogP contribution in [0.5, 0.6) is 0 Å². The fourth-order valence-electron chi connectivity index (χ4n) is 6.28. The minimum absolute atomic E-state index is 0.00424. The van der Waals surface area contributed by atoms with Crippen molar-refractivity contribution in [3.63, 3.8) is 0 Å². The molecule has 0 spiro atoms. The number of aliphatic hydroxyl groups excluding tert-OH is 1. The third-order valence-electron chi connectivity index (χ3n) is 8.92. The second-order valence-electron chi connectivity index (χ2n) is 12.0. The van der Waals surface area contributed by atoms with Gasteiger partial charge in [0.25, 0.3) is 11.8 Å². The van der Waals surface area contributed by atoms with Crippen LogP contribution in [0.25, 0.3) is 11.1 Å². The van der Waals surface area contributed by atoms with Crippen LogP contribution in [0.1, 0.15) is 62.3 Å². The van der Waals surface area contributed by atoms with E-state index in [0.29, 0.717) is 11.1 Å². The van der Waals surface area contributed by atoms with Crippen LogP contribution in [0.3, 0.4) is 0 Å². The minimum atomic E-state index is -0.587. The van der Waals surface area contributed by atoms with E-state index in [1.807, 2.05) is 84.9 Å². The van der Waals surface area contributed by atoms with E-state index in [0.717, 1.165) is 39.1 Å². The zero-order chi connectivity index (χ0) is 32.3. The maximum absolute atomic E-state index is 13.0. The van der Waals surface area contributed by atoms with Crippen molar-refractivity contribution < 1.29 is 24.2 Å². The number of rotatable bonds is 9. The lowest BCUT2D eigenvalue weighted by Crippen LogP contribution is -2.38. The van der Waals surface area contributed by atoms with Crippen molar-refractivity contribution in [3.8, 4) is 11.1 Å². The van der Waals surface area contributed by atoms with Crippen molar-refractivity contribution in [2.24, 2.45) is 5.92 Å². The zero-order valence-corrected chi connectivity index (χ0v) is 26.8. The molecule has 6 nitrogen and oxygen atoms in total. The van der Waals surface area contributed by atoms with Crippen LogP contribution in [-0.2, 0) is 22.6 Å². The second-order valence-corrected chi connectivity index (χ2v) is 13.1. The molecule has 1 fully saturated rings. The van der Waals surface area contributed by atoms with Gasteiger partial charge in [0.2, 0.25) is 0 Å². The largest absolute Gasteiger partial charge is 0.392 e. The van der Waals surface area contributed by atoms with Gasteiger partial charge in [-0.3, -0.25) is 14.5 Å². The normalized spacial score (nSPS) is 20.8. The number of benzene rings is 5. The molecule has 7 heteroatoms. The second kappa shape index (κ2) is 13.7. The highest BCUT2D eigenvalue weighted by atomic mass is 32.2. The molecule has 236 valence electrons. The number of ether oxygens (including phenoxy) is 2. The van der Waals surface area contributed by atoms with Crippen LogP contribution in [0.15, 0.2) is 132 Å². The van der Waals surface area contributed by atoms with Crippen LogP contribution in [-0.4, -0.2) is 33.7 Å². The predicted molar refractivity (Wildman–Crippen MR) is 183 cm³/mol. The predicted octanol–water partition coefficient (Wildman–Crippen LogP) is 8.23. The Kier molecular flexibility index (Phi) is 9.05. The molecule has 0 unspecified atom stereocenters. The van der Waals surface area contributed by atoms with Crippen LogP contribution >= 0.6 is 11.8 Å². The van der Waals surface area contributed by atoms with Gasteiger partial charge >= 0.3 is 0 Å². The van der Waals surface area contributed by atoms with Crippen LogP contribution in [0.4, 0.5) is 0 Å². The lowest BCUT2D eigenvalue weighted by atomic mass is 9.91. The average Bonchev–Trinajstić information content (AvgIpc) is 3.36. The molecule has 2 amide bonds. The molecular weight excluding hydrogens is 607 g/mol. The maximum atomic E-state index is 13.0. The number of carbonyl (C=O) groups is 2. The molecule has 0 aliphatic carbocycles. The zero-order valence-electron chi connectivity index (χ0n) is 26.0. The van der Waals surface area contributed by atoms with E-state index in [1.165, 1.54) is 9.80 Å². The molecule has 0 radical (unpaired) electrons. The molecule has 5 aromatic rings. The summed E-state index contributed by atoms with van der Waals surface area (Å²) in [5, 5.41) is 9.58. The number of hydrogen-bond acceptors (Lipinski definition) is 6. The highest BCUT2D eigenvalue weighted by Gasteiger charge is 2.39. The fraction of sp³-hybridized carbons (Fsp3) is 0.200. The average molecular weight is 642 g/mol. The summed E-state index contributed by atoms with van der Waals surface area (Å²) >= 11 is 1.78. The van der Waals surface area contributed by atoms with Gasteiger partial charge in [-0.25, -0.2) is 0 Å². The van der Waals surface area contributed by atoms with Crippen molar-refractivity contribution >= 4 is 23.6 Å².